The number of nitrogens with two attached hydrogens (primary N) is 1. The van der Waals surface area contributed by atoms with Crippen molar-refractivity contribution in [2.75, 3.05) is 23.3 Å². The molecule has 0 bridgehead atoms. The van der Waals surface area contributed by atoms with Gasteiger partial charge in [0.1, 0.15) is 23.5 Å². The molecule has 0 unspecified atom stereocenters. The molecule has 0 aliphatic carbocycles. The Hall–Kier alpha value is -3.61. The number of carbonyl (C=O) groups excluding carboxylic acids is 1. The number of ether oxygens (including phenoxy) is 1. The van der Waals surface area contributed by atoms with Gasteiger partial charge in [-0.3, -0.25) is 4.79 Å². The SMILES string of the molecule is NC(=O)c1cccc(CNc2ccnc(N3CC(Oc4ccc(F)cc4)C3)c2)c1. The van der Waals surface area contributed by atoms with E-state index in [0.29, 0.717) is 30.9 Å². The van der Waals surface area contributed by atoms with Gasteiger partial charge in [0.15, 0.2) is 0 Å². The van der Waals surface area contributed by atoms with Crippen molar-refractivity contribution in [3.05, 3.63) is 83.8 Å². The number of aromatic nitrogens is 1. The predicted molar refractivity (Wildman–Crippen MR) is 110 cm³/mol. The van der Waals surface area contributed by atoms with Crippen LogP contribution in [0.4, 0.5) is 15.9 Å². The lowest BCUT2D eigenvalue weighted by atomic mass is 10.1. The summed E-state index contributed by atoms with van der Waals surface area (Å²) in [6.07, 6.45) is 1.81. The number of nitrogens with one attached hydrogen (secondary N) is 1. The van der Waals surface area contributed by atoms with E-state index in [2.05, 4.69) is 15.2 Å². The van der Waals surface area contributed by atoms with Crippen LogP contribution in [0.5, 0.6) is 5.75 Å². The summed E-state index contributed by atoms with van der Waals surface area (Å²) in [5.41, 5.74) is 7.73. The summed E-state index contributed by atoms with van der Waals surface area (Å²) in [5.74, 6) is 0.813. The molecule has 3 N–H and O–H groups in total. The van der Waals surface area contributed by atoms with Crippen LogP contribution in [-0.2, 0) is 6.54 Å². The Labute approximate surface area is 168 Å². The fourth-order valence-corrected chi connectivity index (χ4v) is 3.15. The zero-order valence-corrected chi connectivity index (χ0v) is 15.7. The average Bonchev–Trinajstić information content (AvgIpc) is 2.70. The van der Waals surface area contributed by atoms with Crippen LogP contribution in [0, 0.1) is 5.82 Å². The highest BCUT2D eigenvalue weighted by molar-refractivity contribution is 5.92. The van der Waals surface area contributed by atoms with Gasteiger partial charge < -0.3 is 20.7 Å². The molecule has 0 spiro atoms. The summed E-state index contributed by atoms with van der Waals surface area (Å²) in [4.78, 5) is 17.8. The zero-order chi connectivity index (χ0) is 20.2. The molecule has 0 saturated carbocycles. The number of hydrogen-bond acceptors (Lipinski definition) is 5. The van der Waals surface area contributed by atoms with Crippen LogP contribution < -0.4 is 20.7 Å². The molecule has 1 aromatic heterocycles. The molecule has 0 radical (unpaired) electrons. The Kier molecular flexibility index (Phi) is 5.29. The lowest BCUT2D eigenvalue weighted by Gasteiger charge is -2.39. The third kappa shape index (κ3) is 4.63. The molecule has 1 aliphatic rings. The smallest absolute Gasteiger partial charge is 0.248 e. The van der Waals surface area contributed by atoms with Gasteiger partial charge in [-0.05, 0) is 48.0 Å². The molecular weight excluding hydrogens is 371 g/mol. The number of rotatable bonds is 7. The normalized spacial score (nSPS) is 13.6. The Bertz CT molecular complexity index is 1000. The van der Waals surface area contributed by atoms with Crippen LogP contribution in [0.1, 0.15) is 15.9 Å². The highest BCUT2D eigenvalue weighted by Crippen LogP contribution is 2.25. The van der Waals surface area contributed by atoms with Gasteiger partial charge in [-0.25, -0.2) is 9.37 Å². The van der Waals surface area contributed by atoms with E-state index in [4.69, 9.17) is 10.5 Å². The molecule has 1 fully saturated rings. The number of carbonyl (C=O) groups is 1. The Balaban J connectivity index is 1.32. The van der Waals surface area contributed by atoms with E-state index in [-0.39, 0.29) is 11.9 Å². The first kappa shape index (κ1) is 18.7. The standard InChI is InChI=1S/C22H21FN4O2/c23-17-4-6-19(7-5-17)29-20-13-27(14-20)21-11-18(8-9-25-21)26-12-15-2-1-3-16(10-15)22(24)28/h1-11,20H,12-14H2,(H2,24,28)(H,25,26). The van der Waals surface area contributed by atoms with E-state index < -0.39 is 5.91 Å². The molecule has 1 aliphatic heterocycles. The average molecular weight is 392 g/mol. The van der Waals surface area contributed by atoms with Crippen molar-refractivity contribution in [1.29, 1.82) is 0 Å². The molecule has 29 heavy (non-hydrogen) atoms. The third-order valence-corrected chi connectivity index (χ3v) is 4.74. The van der Waals surface area contributed by atoms with Crippen LogP contribution in [0.2, 0.25) is 0 Å². The van der Waals surface area contributed by atoms with E-state index in [1.807, 2.05) is 24.3 Å². The first-order valence-corrected chi connectivity index (χ1v) is 9.33. The summed E-state index contributed by atoms with van der Waals surface area (Å²) in [7, 11) is 0. The van der Waals surface area contributed by atoms with Crippen LogP contribution >= 0.6 is 0 Å². The minimum absolute atomic E-state index is 0.0513. The minimum Gasteiger partial charge on any atom is -0.487 e. The Morgan fingerprint density at radius 2 is 1.97 bits per heavy atom. The summed E-state index contributed by atoms with van der Waals surface area (Å²) >= 11 is 0. The molecular formula is C22H21FN4O2. The van der Waals surface area contributed by atoms with Gasteiger partial charge in [0.2, 0.25) is 5.91 Å². The van der Waals surface area contributed by atoms with Crippen LogP contribution in [-0.4, -0.2) is 30.1 Å². The van der Waals surface area contributed by atoms with Gasteiger partial charge in [-0.2, -0.15) is 0 Å². The van der Waals surface area contributed by atoms with Crippen molar-refractivity contribution in [1.82, 2.24) is 4.98 Å². The van der Waals surface area contributed by atoms with Crippen molar-refractivity contribution < 1.29 is 13.9 Å². The van der Waals surface area contributed by atoms with Gasteiger partial charge in [0, 0.05) is 30.1 Å². The lowest BCUT2D eigenvalue weighted by molar-refractivity contribution is 0.1000. The van der Waals surface area contributed by atoms with Crippen LogP contribution in [0.3, 0.4) is 0 Å². The van der Waals surface area contributed by atoms with E-state index in [0.717, 1.165) is 17.1 Å². The van der Waals surface area contributed by atoms with Crippen LogP contribution in [0.25, 0.3) is 0 Å². The Morgan fingerprint density at radius 1 is 1.17 bits per heavy atom. The monoisotopic (exact) mass is 392 g/mol. The summed E-state index contributed by atoms with van der Waals surface area (Å²) in [5, 5.41) is 3.34. The Morgan fingerprint density at radius 3 is 2.72 bits per heavy atom. The number of hydrogen-bond donors (Lipinski definition) is 2. The number of nitrogens with zero attached hydrogens (tertiary/aromatic N) is 2. The zero-order valence-electron chi connectivity index (χ0n) is 15.7. The molecule has 0 atom stereocenters. The lowest BCUT2D eigenvalue weighted by Crippen LogP contribution is -2.54. The second-order valence-corrected chi connectivity index (χ2v) is 6.92. The fourth-order valence-electron chi connectivity index (χ4n) is 3.15. The van der Waals surface area contributed by atoms with Gasteiger partial charge in [-0.1, -0.05) is 12.1 Å². The fraction of sp³-hybridized carbons (Fsp3) is 0.182. The van der Waals surface area contributed by atoms with E-state index in [1.165, 1.54) is 12.1 Å². The van der Waals surface area contributed by atoms with E-state index in [9.17, 15) is 9.18 Å². The van der Waals surface area contributed by atoms with Gasteiger partial charge in [0.25, 0.3) is 0 Å². The first-order valence-electron chi connectivity index (χ1n) is 9.33. The molecule has 148 valence electrons. The van der Waals surface area contributed by atoms with Gasteiger partial charge >= 0.3 is 0 Å². The summed E-state index contributed by atoms with van der Waals surface area (Å²) < 4.78 is 18.8. The maximum Gasteiger partial charge on any atom is 0.248 e. The number of amides is 1. The predicted octanol–water partition coefficient (Wildman–Crippen LogP) is 3.20. The second-order valence-electron chi connectivity index (χ2n) is 6.92. The number of primary amides is 1. The first-order chi connectivity index (χ1) is 14.1. The maximum atomic E-state index is 13.0. The minimum atomic E-state index is -0.437. The number of anilines is 2. The van der Waals surface area contributed by atoms with E-state index in [1.54, 1.807) is 30.5 Å². The molecule has 6 nitrogen and oxygen atoms in total. The molecule has 3 aromatic rings. The number of pyridine rings is 1. The van der Waals surface area contributed by atoms with Gasteiger partial charge in [-0.15, -0.1) is 0 Å². The molecule has 1 amide bonds. The third-order valence-electron chi connectivity index (χ3n) is 4.74. The van der Waals surface area contributed by atoms with Crippen LogP contribution in [0.15, 0.2) is 66.9 Å². The number of halogens is 1. The summed E-state index contributed by atoms with van der Waals surface area (Å²) in [6.45, 7) is 2.00. The summed E-state index contributed by atoms with van der Waals surface area (Å²) in [6, 6.07) is 17.2. The molecule has 7 heteroatoms. The molecule has 2 heterocycles. The van der Waals surface area contributed by atoms with Crippen molar-refractivity contribution in [2.24, 2.45) is 5.73 Å². The van der Waals surface area contributed by atoms with Gasteiger partial charge in [0.05, 0.1) is 13.1 Å². The molecule has 1 saturated heterocycles. The van der Waals surface area contributed by atoms with Crippen molar-refractivity contribution in [3.63, 3.8) is 0 Å². The topological polar surface area (TPSA) is 80.5 Å². The van der Waals surface area contributed by atoms with Crippen molar-refractivity contribution in [3.8, 4) is 5.75 Å². The highest BCUT2D eigenvalue weighted by atomic mass is 19.1. The highest BCUT2D eigenvalue weighted by Gasteiger charge is 2.29. The van der Waals surface area contributed by atoms with Crippen molar-refractivity contribution in [2.45, 2.75) is 12.6 Å². The van der Waals surface area contributed by atoms with E-state index >= 15 is 0 Å². The quantitative estimate of drug-likeness (QED) is 0.645. The molecule has 2 aromatic carbocycles. The van der Waals surface area contributed by atoms with Crippen molar-refractivity contribution >= 4 is 17.4 Å². The molecule has 4 rings (SSSR count). The largest absolute Gasteiger partial charge is 0.487 e. The maximum absolute atomic E-state index is 13.0. The second kappa shape index (κ2) is 8.18. The number of benzene rings is 2.